The second-order valence-corrected chi connectivity index (χ2v) is 19.0. The van der Waals surface area contributed by atoms with Crippen LogP contribution >= 0.6 is 0 Å². The van der Waals surface area contributed by atoms with Crippen molar-refractivity contribution in [3.63, 3.8) is 0 Å². The van der Waals surface area contributed by atoms with Crippen molar-refractivity contribution in [1.29, 1.82) is 0 Å². The zero-order chi connectivity index (χ0) is 46.7. The van der Waals surface area contributed by atoms with Gasteiger partial charge in [-0.15, -0.1) is 0 Å². The number of ether oxygens (including phenoxy) is 1. The average molecular weight is 898 g/mol. The van der Waals surface area contributed by atoms with Crippen molar-refractivity contribution in [3.05, 3.63) is 48.6 Å². The molecule has 6 nitrogen and oxygen atoms in total. The summed E-state index contributed by atoms with van der Waals surface area (Å²) in [6.45, 7) is 6.46. The lowest BCUT2D eigenvalue weighted by Crippen LogP contribution is -2.46. The summed E-state index contributed by atoms with van der Waals surface area (Å²) in [6, 6.07) is -0.708. The smallest absolute Gasteiger partial charge is 0.306 e. The van der Waals surface area contributed by atoms with Gasteiger partial charge in [-0.2, -0.15) is 0 Å². The number of rotatable bonds is 50. The average Bonchev–Trinajstić information content (AvgIpc) is 3.29. The van der Waals surface area contributed by atoms with Crippen LogP contribution in [0.2, 0.25) is 0 Å². The molecule has 0 heterocycles. The monoisotopic (exact) mass is 898 g/mol. The van der Waals surface area contributed by atoms with Crippen molar-refractivity contribution >= 4 is 11.9 Å². The van der Waals surface area contributed by atoms with Crippen LogP contribution in [0.15, 0.2) is 48.6 Å². The molecule has 0 aromatic carbocycles. The van der Waals surface area contributed by atoms with Crippen molar-refractivity contribution < 1.29 is 24.5 Å². The van der Waals surface area contributed by atoms with Gasteiger partial charge in [-0.25, -0.2) is 0 Å². The maximum absolute atomic E-state index is 13.2. The van der Waals surface area contributed by atoms with E-state index in [4.69, 9.17) is 4.74 Å². The molecule has 3 N–H and O–H groups in total. The third kappa shape index (κ3) is 46.4. The highest BCUT2D eigenvalue weighted by Gasteiger charge is 2.24. The van der Waals surface area contributed by atoms with Crippen molar-refractivity contribution in [2.24, 2.45) is 0 Å². The molecule has 0 aliphatic carbocycles. The summed E-state index contributed by atoms with van der Waals surface area (Å²) >= 11 is 0. The molecule has 0 spiro atoms. The number of carbonyl (C=O) groups excluding carboxylic acids is 2. The van der Waals surface area contributed by atoms with Crippen molar-refractivity contribution in [1.82, 2.24) is 5.32 Å². The van der Waals surface area contributed by atoms with Crippen molar-refractivity contribution in [3.8, 4) is 0 Å². The summed E-state index contributed by atoms with van der Waals surface area (Å²) in [7, 11) is 0. The van der Waals surface area contributed by atoms with Crippen LogP contribution in [0.25, 0.3) is 0 Å². The summed E-state index contributed by atoms with van der Waals surface area (Å²) in [6.07, 6.45) is 63.1. The highest BCUT2D eigenvalue weighted by atomic mass is 16.5. The third-order valence-electron chi connectivity index (χ3n) is 12.6. The normalized spacial score (nSPS) is 13.5. The number of aliphatic hydroxyl groups excluding tert-OH is 2. The Morgan fingerprint density at radius 2 is 0.797 bits per heavy atom. The number of amides is 1. The van der Waals surface area contributed by atoms with E-state index in [1.165, 1.54) is 148 Å². The molecule has 3 atom stereocenters. The molecule has 0 radical (unpaired) electrons. The SMILES string of the molecule is CCCCC/C=C\C/C=C\C/C=C\CCCCCCCCC(=O)OC(CCCCC/C=C/CCCCCCCCC)CC(=O)NC(CO)C(O)CCCCCCCCCCCCCC. The maximum Gasteiger partial charge on any atom is 0.306 e. The molecule has 0 aromatic heterocycles. The van der Waals surface area contributed by atoms with E-state index in [2.05, 4.69) is 74.7 Å². The van der Waals surface area contributed by atoms with E-state index < -0.39 is 18.2 Å². The predicted molar refractivity (Wildman–Crippen MR) is 278 cm³/mol. The Balaban J connectivity index is 4.58. The molecule has 0 bridgehead atoms. The first-order chi connectivity index (χ1) is 31.5. The molecule has 0 aliphatic rings. The van der Waals surface area contributed by atoms with Gasteiger partial charge in [0.1, 0.15) is 6.10 Å². The lowest BCUT2D eigenvalue weighted by molar-refractivity contribution is -0.151. The van der Waals surface area contributed by atoms with Gasteiger partial charge in [0.2, 0.25) is 5.91 Å². The van der Waals surface area contributed by atoms with Crippen LogP contribution in [-0.2, 0) is 14.3 Å². The number of unbranched alkanes of at least 4 members (excludes halogenated alkanes) is 30. The van der Waals surface area contributed by atoms with Crippen LogP contribution in [0.1, 0.15) is 284 Å². The second kappa shape index (κ2) is 51.8. The van der Waals surface area contributed by atoms with Gasteiger partial charge in [-0.3, -0.25) is 9.59 Å². The van der Waals surface area contributed by atoms with Crippen LogP contribution in [0.4, 0.5) is 0 Å². The lowest BCUT2D eigenvalue weighted by atomic mass is 10.0. The molecule has 0 saturated carbocycles. The van der Waals surface area contributed by atoms with E-state index in [0.29, 0.717) is 19.3 Å². The fourth-order valence-corrected chi connectivity index (χ4v) is 8.37. The minimum absolute atomic E-state index is 0.0627. The van der Waals surface area contributed by atoms with E-state index in [1.54, 1.807) is 0 Å². The van der Waals surface area contributed by atoms with Gasteiger partial charge < -0.3 is 20.3 Å². The number of carbonyl (C=O) groups is 2. The molecule has 0 aromatic rings. The molecule has 1 amide bonds. The molecular weight excluding hydrogens is 791 g/mol. The maximum atomic E-state index is 13.2. The predicted octanol–water partition coefficient (Wildman–Crippen LogP) is 17.0. The van der Waals surface area contributed by atoms with Crippen LogP contribution < -0.4 is 5.32 Å². The molecular formula is C58H107NO5. The van der Waals surface area contributed by atoms with E-state index in [1.807, 2.05) is 0 Å². The van der Waals surface area contributed by atoms with Crippen LogP contribution in [0, 0.1) is 0 Å². The standard InChI is InChI=1S/C58H107NO5/c1-4-7-10-13-16-19-22-25-27-28-29-30-31-33-36-39-42-45-48-51-58(63)64-54(49-46-43-40-37-34-32-26-23-20-17-14-11-8-5-2)52-57(62)59-55(53-60)56(61)50-47-44-41-38-35-24-21-18-15-12-9-6-3/h16,19,25,27,29-30,32,34,54-56,60-61H,4-15,17-18,20-24,26,28,31,33,35-53H2,1-3H3,(H,59,62)/b19-16-,27-25-,30-29-,34-32+. The Kier molecular flexibility index (Phi) is 50.0. The Morgan fingerprint density at radius 1 is 0.453 bits per heavy atom. The number of allylic oxidation sites excluding steroid dienone is 8. The van der Waals surface area contributed by atoms with E-state index >= 15 is 0 Å². The Hall–Kier alpha value is -2.18. The number of esters is 1. The fraction of sp³-hybridized carbons (Fsp3) is 0.828. The minimum Gasteiger partial charge on any atom is -0.462 e. The molecule has 374 valence electrons. The van der Waals surface area contributed by atoms with Crippen molar-refractivity contribution in [2.75, 3.05) is 6.61 Å². The van der Waals surface area contributed by atoms with Gasteiger partial charge in [0, 0.05) is 6.42 Å². The zero-order valence-electron chi connectivity index (χ0n) is 42.7. The first-order valence-corrected chi connectivity index (χ1v) is 27.9. The zero-order valence-corrected chi connectivity index (χ0v) is 42.7. The quantitative estimate of drug-likeness (QED) is 0.0321. The molecule has 0 rings (SSSR count). The van der Waals surface area contributed by atoms with Gasteiger partial charge in [0.15, 0.2) is 0 Å². The number of nitrogens with one attached hydrogen (secondary N) is 1. The summed E-state index contributed by atoms with van der Waals surface area (Å²) in [5.74, 6) is -0.495. The number of hydrogen-bond donors (Lipinski definition) is 3. The molecule has 3 unspecified atom stereocenters. The highest BCUT2D eigenvalue weighted by Crippen LogP contribution is 2.18. The second-order valence-electron chi connectivity index (χ2n) is 19.0. The molecule has 0 fully saturated rings. The Labute approximate surface area is 397 Å². The Bertz CT molecular complexity index is 1100. The minimum atomic E-state index is -0.793. The number of hydrogen-bond acceptors (Lipinski definition) is 5. The van der Waals surface area contributed by atoms with Gasteiger partial charge in [0.05, 0.1) is 25.2 Å². The molecule has 0 aliphatic heterocycles. The summed E-state index contributed by atoms with van der Waals surface area (Å²) in [5, 5.41) is 23.8. The first-order valence-electron chi connectivity index (χ1n) is 27.9. The van der Waals surface area contributed by atoms with Crippen LogP contribution in [-0.4, -0.2) is 46.9 Å². The van der Waals surface area contributed by atoms with Gasteiger partial charge >= 0.3 is 5.97 Å². The lowest BCUT2D eigenvalue weighted by Gasteiger charge is -2.24. The summed E-state index contributed by atoms with van der Waals surface area (Å²) in [5.41, 5.74) is 0. The summed E-state index contributed by atoms with van der Waals surface area (Å²) in [4.78, 5) is 26.2. The fourth-order valence-electron chi connectivity index (χ4n) is 8.37. The van der Waals surface area contributed by atoms with Crippen LogP contribution in [0.3, 0.4) is 0 Å². The van der Waals surface area contributed by atoms with Gasteiger partial charge in [-0.05, 0) is 89.9 Å². The summed E-state index contributed by atoms with van der Waals surface area (Å²) < 4.78 is 5.94. The van der Waals surface area contributed by atoms with Crippen molar-refractivity contribution in [2.45, 2.75) is 302 Å². The molecule has 6 heteroatoms. The van der Waals surface area contributed by atoms with Gasteiger partial charge in [0.25, 0.3) is 0 Å². The van der Waals surface area contributed by atoms with Gasteiger partial charge in [-0.1, -0.05) is 230 Å². The third-order valence-corrected chi connectivity index (χ3v) is 12.6. The van der Waals surface area contributed by atoms with E-state index in [9.17, 15) is 19.8 Å². The highest BCUT2D eigenvalue weighted by molar-refractivity contribution is 5.77. The molecule has 0 saturated heterocycles. The molecule has 64 heavy (non-hydrogen) atoms. The topological polar surface area (TPSA) is 95.9 Å². The van der Waals surface area contributed by atoms with E-state index in [0.717, 1.165) is 89.9 Å². The largest absolute Gasteiger partial charge is 0.462 e. The number of aliphatic hydroxyl groups is 2. The van der Waals surface area contributed by atoms with Crippen LogP contribution in [0.5, 0.6) is 0 Å². The Morgan fingerprint density at radius 3 is 1.27 bits per heavy atom. The van der Waals surface area contributed by atoms with E-state index in [-0.39, 0.29) is 24.9 Å². The first kappa shape index (κ1) is 61.8.